The molecule has 0 aromatic carbocycles. The Bertz CT molecular complexity index is 269. The zero-order chi connectivity index (χ0) is 9.30. The van der Waals surface area contributed by atoms with Gasteiger partial charge in [0.15, 0.2) is 0 Å². The predicted octanol–water partition coefficient (Wildman–Crippen LogP) is -1.42. The molecule has 5 N–H and O–H groups in total. The molecule has 5 nitrogen and oxygen atoms in total. The maximum atomic E-state index is 10.4. The predicted molar refractivity (Wildman–Crippen MR) is 40.0 cm³/mol. The molecule has 0 aromatic heterocycles. The fraction of sp³-hybridized carbons (Fsp3) is 0.286. The van der Waals surface area contributed by atoms with E-state index < -0.39 is 18.2 Å². The van der Waals surface area contributed by atoms with Crippen LogP contribution in [0.2, 0.25) is 0 Å². The first-order valence-electron chi connectivity index (χ1n) is 3.30. The lowest BCUT2D eigenvalue weighted by molar-refractivity contribution is -0.132. The summed E-state index contributed by atoms with van der Waals surface area (Å²) >= 11 is 0. The molecule has 1 rings (SSSR count). The van der Waals surface area contributed by atoms with Crippen LogP contribution in [0.3, 0.4) is 0 Å². The van der Waals surface area contributed by atoms with Crippen molar-refractivity contribution in [2.75, 3.05) is 0 Å². The van der Waals surface area contributed by atoms with Gasteiger partial charge in [0.2, 0.25) is 0 Å². The van der Waals surface area contributed by atoms with Crippen LogP contribution >= 0.6 is 0 Å². The second-order valence-corrected chi connectivity index (χ2v) is 2.51. The molecule has 5 heteroatoms. The van der Waals surface area contributed by atoms with E-state index in [1.165, 1.54) is 0 Å². The van der Waals surface area contributed by atoms with Crippen LogP contribution in [0, 0.1) is 0 Å². The van der Waals surface area contributed by atoms with E-state index in [1.807, 2.05) is 0 Å². The molecule has 1 aliphatic rings. The fourth-order valence-corrected chi connectivity index (χ4v) is 0.918. The third kappa shape index (κ3) is 1.46. The van der Waals surface area contributed by atoms with Gasteiger partial charge in [0, 0.05) is 5.70 Å². The molecule has 66 valence electrons. The molecule has 0 radical (unpaired) electrons. The lowest BCUT2D eigenvalue weighted by Gasteiger charge is -2.19. The highest BCUT2D eigenvalue weighted by Crippen LogP contribution is 2.14. The van der Waals surface area contributed by atoms with E-state index >= 15 is 0 Å². The van der Waals surface area contributed by atoms with Gasteiger partial charge < -0.3 is 21.1 Å². The van der Waals surface area contributed by atoms with Crippen LogP contribution < -0.4 is 5.73 Å². The number of aliphatic hydroxyl groups excluding tert-OH is 2. The minimum absolute atomic E-state index is 0.0394. The Morgan fingerprint density at radius 3 is 2.50 bits per heavy atom. The van der Waals surface area contributed by atoms with Crippen LogP contribution in [0.25, 0.3) is 0 Å². The highest BCUT2D eigenvalue weighted by molar-refractivity contribution is 5.90. The van der Waals surface area contributed by atoms with E-state index in [0.29, 0.717) is 0 Å². The summed E-state index contributed by atoms with van der Waals surface area (Å²) < 4.78 is 0. The van der Waals surface area contributed by atoms with Gasteiger partial charge in [-0.3, -0.25) is 0 Å². The molecule has 0 saturated carbocycles. The topological polar surface area (TPSA) is 104 Å². The van der Waals surface area contributed by atoms with Crippen molar-refractivity contribution in [2.24, 2.45) is 5.73 Å². The molecule has 0 aliphatic heterocycles. The average molecular weight is 171 g/mol. The molecule has 0 spiro atoms. The number of hydrogen-bond donors (Lipinski definition) is 4. The third-order valence-corrected chi connectivity index (χ3v) is 1.58. The summed E-state index contributed by atoms with van der Waals surface area (Å²) in [5.74, 6) is -1.18. The van der Waals surface area contributed by atoms with Crippen molar-refractivity contribution in [3.8, 4) is 0 Å². The summed E-state index contributed by atoms with van der Waals surface area (Å²) in [7, 11) is 0. The second-order valence-electron chi connectivity index (χ2n) is 2.51. The summed E-state index contributed by atoms with van der Waals surface area (Å²) in [6, 6.07) is 0. The number of carboxylic acid groups (broad SMARTS) is 1. The van der Waals surface area contributed by atoms with E-state index in [1.54, 1.807) is 0 Å². The van der Waals surface area contributed by atoms with Gasteiger partial charge in [-0.1, -0.05) is 0 Å². The van der Waals surface area contributed by atoms with Crippen molar-refractivity contribution in [3.05, 3.63) is 23.4 Å². The summed E-state index contributed by atoms with van der Waals surface area (Å²) in [6.45, 7) is 0. The number of hydrogen-bond acceptors (Lipinski definition) is 4. The SMILES string of the molecule is NC1=CC(C(=O)O)=C[C@@H](O)[C@@H]1O. The molecule has 0 unspecified atom stereocenters. The fourth-order valence-electron chi connectivity index (χ4n) is 0.918. The Kier molecular flexibility index (Phi) is 2.16. The van der Waals surface area contributed by atoms with Crippen LogP contribution in [-0.2, 0) is 4.79 Å². The molecule has 2 atom stereocenters. The highest BCUT2D eigenvalue weighted by Gasteiger charge is 2.23. The summed E-state index contributed by atoms with van der Waals surface area (Å²) in [5.41, 5.74) is 5.10. The minimum Gasteiger partial charge on any atom is -0.478 e. The molecular weight excluding hydrogens is 162 g/mol. The van der Waals surface area contributed by atoms with Gasteiger partial charge in [0.25, 0.3) is 0 Å². The first-order chi connectivity index (χ1) is 5.52. The summed E-state index contributed by atoms with van der Waals surface area (Å²) in [4.78, 5) is 10.4. The van der Waals surface area contributed by atoms with Gasteiger partial charge in [-0.2, -0.15) is 0 Å². The number of nitrogens with two attached hydrogens (primary N) is 1. The molecule has 0 fully saturated rings. The average Bonchev–Trinajstić information content (AvgIpc) is 1.99. The van der Waals surface area contributed by atoms with Crippen LogP contribution in [0.5, 0.6) is 0 Å². The number of carbonyl (C=O) groups is 1. The number of carboxylic acids is 1. The van der Waals surface area contributed by atoms with Crippen LogP contribution in [-0.4, -0.2) is 33.5 Å². The lowest BCUT2D eigenvalue weighted by Crippen LogP contribution is -2.33. The molecule has 0 heterocycles. The van der Waals surface area contributed by atoms with E-state index in [2.05, 4.69) is 0 Å². The number of aliphatic hydroxyl groups is 2. The zero-order valence-corrected chi connectivity index (χ0v) is 6.14. The lowest BCUT2D eigenvalue weighted by atomic mass is 10.00. The minimum atomic E-state index is -1.24. The number of rotatable bonds is 1. The first-order valence-corrected chi connectivity index (χ1v) is 3.30. The van der Waals surface area contributed by atoms with Gasteiger partial charge in [-0.05, 0) is 12.2 Å². The molecule has 12 heavy (non-hydrogen) atoms. The van der Waals surface area contributed by atoms with Crippen LogP contribution in [0.1, 0.15) is 0 Å². The largest absolute Gasteiger partial charge is 0.478 e. The van der Waals surface area contributed by atoms with Crippen LogP contribution in [0.4, 0.5) is 0 Å². The monoisotopic (exact) mass is 171 g/mol. The van der Waals surface area contributed by atoms with Gasteiger partial charge in [0.1, 0.15) is 12.2 Å². The van der Waals surface area contributed by atoms with Crippen molar-refractivity contribution in [2.45, 2.75) is 12.2 Å². The van der Waals surface area contributed by atoms with E-state index in [0.717, 1.165) is 12.2 Å². The summed E-state index contributed by atoms with van der Waals surface area (Å²) in [6.07, 6.45) is -0.266. The van der Waals surface area contributed by atoms with Crippen molar-refractivity contribution in [1.82, 2.24) is 0 Å². The Balaban J connectivity index is 2.95. The molecule has 0 amide bonds. The summed E-state index contributed by atoms with van der Waals surface area (Å²) in [5, 5.41) is 26.6. The van der Waals surface area contributed by atoms with E-state index in [-0.39, 0.29) is 11.3 Å². The quantitative estimate of drug-likeness (QED) is 0.387. The van der Waals surface area contributed by atoms with Crippen molar-refractivity contribution in [3.63, 3.8) is 0 Å². The normalized spacial score (nSPS) is 29.2. The molecule has 0 bridgehead atoms. The first kappa shape index (κ1) is 8.76. The van der Waals surface area contributed by atoms with Crippen molar-refractivity contribution >= 4 is 5.97 Å². The zero-order valence-electron chi connectivity index (χ0n) is 6.14. The Morgan fingerprint density at radius 1 is 1.50 bits per heavy atom. The molecular formula is C7H9NO4. The van der Waals surface area contributed by atoms with E-state index in [9.17, 15) is 4.79 Å². The maximum absolute atomic E-state index is 10.4. The van der Waals surface area contributed by atoms with Crippen LogP contribution in [0.15, 0.2) is 23.4 Å². The standard InChI is InChI=1S/C7H9NO4/c8-4-1-3(7(11)12)2-5(9)6(4)10/h1-2,5-6,9-10H,8H2,(H,11,12)/t5-,6-/m1/s1. The van der Waals surface area contributed by atoms with Gasteiger partial charge >= 0.3 is 5.97 Å². The molecule has 1 aliphatic carbocycles. The van der Waals surface area contributed by atoms with Gasteiger partial charge in [0.05, 0.1) is 5.57 Å². The van der Waals surface area contributed by atoms with Crippen molar-refractivity contribution in [1.29, 1.82) is 0 Å². The Morgan fingerprint density at radius 2 is 2.08 bits per heavy atom. The van der Waals surface area contributed by atoms with Gasteiger partial charge in [-0.15, -0.1) is 0 Å². The second kappa shape index (κ2) is 2.96. The Labute approximate surface area is 68.4 Å². The molecule has 0 aromatic rings. The van der Waals surface area contributed by atoms with Crippen molar-refractivity contribution < 1.29 is 20.1 Å². The smallest absolute Gasteiger partial charge is 0.335 e. The highest BCUT2D eigenvalue weighted by atomic mass is 16.4. The van der Waals surface area contributed by atoms with E-state index in [4.69, 9.17) is 21.1 Å². The number of aliphatic carboxylic acids is 1. The maximum Gasteiger partial charge on any atom is 0.335 e. The third-order valence-electron chi connectivity index (χ3n) is 1.58. The van der Waals surface area contributed by atoms with Gasteiger partial charge in [-0.25, -0.2) is 4.79 Å². The Hall–Kier alpha value is -1.33. The molecule has 0 saturated heterocycles.